The van der Waals surface area contributed by atoms with Gasteiger partial charge in [-0.2, -0.15) is 0 Å². The Morgan fingerprint density at radius 2 is 0.875 bits per heavy atom. The van der Waals surface area contributed by atoms with Crippen molar-refractivity contribution in [2.75, 3.05) is 13.2 Å². The van der Waals surface area contributed by atoms with Crippen LogP contribution in [0.3, 0.4) is 0 Å². The monoisotopic (exact) mass is 454 g/mol. The summed E-state index contributed by atoms with van der Waals surface area (Å²) in [5.41, 5.74) is 0. The topological polar surface area (TPSA) is 52.6 Å². The van der Waals surface area contributed by atoms with E-state index in [0.29, 0.717) is 37.9 Å². The molecule has 0 aromatic carbocycles. The van der Waals surface area contributed by atoms with Crippen LogP contribution in [-0.4, -0.2) is 25.2 Å². The Morgan fingerprint density at radius 1 is 0.500 bits per heavy atom. The average Bonchev–Trinajstić information content (AvgIpc) is 2.70. The van der Waals surface area contributed by atoms with Gasteiger partial charge in [0.2, 0.25) is 0 Å². The van der Waals surface area contributed by atoms with Crippen molar-refractivity contribution in [3.63, 3.8) is 0 Å². The first kappa shape index (κ1) is 30.9. The van der Waals surface area contributed by atoms with Crippen LogP contribution in [0.25, 0.3) is 0 Å². The molecule has 0 amide bonds. The van der Waals surface area contributed by atoms with E-state index < -0.39 is 0 Å². The molecule has 2 unspecified atom stereocenters. The molecule has 0 rings (SSSR count). The number of carbonyl (C=O) groups excluding carboxylic acids is 2. The van der Waals surface area contributed by atoms with E-state index in [2.05, 4.69) is 41.5 Å². The molecule has 0 aliphatic rings. The van der Waals surface area contributed by atoms with E-state index in [9.17, 15) is 9.59 Å². The zero-order valence-electron chi connectivity index (χ0n) is 22.3. The molecule has 4 nitrogen and oxygen atoms in total. The van der Waals surface area contributed by atoms with Gasteiger partial charge in [-0.3, -0.25) is 9.59 Å². The van der Waals surface area contributed by atoms with E-state index in [1.807, 2.05) is 0 Å². The van der Waals surface area contributed by atoms with Crippen molar-refractivity contribution in [3.05, 3.63) is 0 Å². The summed E-state index contributed by atoms with van der Waals surface area (Å²) < 4.78 is 10.7. The molecule has 2 atom stereocenters. The van der Waals surface area contributed by atoms with Crippen LogP contribution < -0.4 is 0 Å². The highest BCUT2D eigenvalue weighted by molar-refractivity contribution is 5.69. The molecule has 0 aromatic rings. The summed E-state index contributed by atoms with van der Waals surface area (Å²) in [6.45, 7) is 14.6. The second-order valence-corrected chi connectivity index (χ2v) is 10.8. The Bertz CT molecular complexity index is 416. The first-order chi connectivity index (χ1) is 15.2. The number of hydrogen-bond acceptors (Lipinski definition) is 4. The van der Waals surface area contributed by atoms with Crippen molar-refractivity contribution >= 4 is 11.9 Å². The summed E-state index contributed by atoms with van der Waals surface area (Å²) in [5, 5.41) is 0. The molecule has 0 aliphatic heterocycles. The van der Waals surface area contributed by atoms with Crippen LogP contribution >= 0.6 is 0 Å². The quantitative estimate of drug-likeness (QED) is 0.130. The van der Waals surface area contributed by atoms with Gasteiger partial charge < -0.3 is 9.47 Å². The second kappa shape index (κ2) is 20.5. The zero-order chi connectivity index (χ0) is 24.2. The van der Waals surface area contributed by atoms with E-state index in [1.165, 1.54) is 38.5 Å². The van der Waals surface area contributed by atoms with Gasteiger partial charge in [-0.15, -0.1) is 0 Å². The van der Waals surface area contributed by atoms with Gasteiger partial charge >= 0.3 is 11.9 Å². The van der Waals surface area contributed by atoms with E-state index in [-0.39, 0.29) is 11.9 Å². The van der Waals surface area contributed by atoms with Crippen molar-refractivity contribution in [2.45, 2.75) is 131 Å². The lowest BCUT2D eigenvalue weighted by Gasteiger charge is -2.12. The summed E-state index contributed by atoms with van der Waals surface area (Å²) in [5.74, 6) is 2.61. The maximum Gasteiger partial charge on any atom is 0.305 e. The van der Waals surface area contributed by atoms with Crippen molar-refractivity contribution in [1.29, 1.82) is 0 Å². The minimum absolute atomic E-state index is 0.0821. The average molecular weight is 455 g/mol. The molecule has 0 bridgehead atoms. The molecule has 0 saturated heterocycles. The third kappa shape index (κ3) is 22.1. The fourth-order valence-electron chi connectivity index (χ4n) is 3.82. The maximum atomic E-state index is 11.8. The Morgan fingerprint density at radius 3 is 1.22 bits per heavy atom. The first-order valence-electron chi connectivity index (χ1n) is 13.5. The molecule has 0 N–H and O–H groups in total. The van der Waals surface area contributed by atoms with Gasteiger partial charge in [0.05, 0.1) is 13.2 Å². The molecule has 4 heteroatoms. The van der Waals surface area contributed by atoms with Gasteiger partial charge in [-0.05, 0) is 49.4 Å². The third-order valence-corrected chi connectivity index (χ3v) is 6.22. The van der Waals surface area contributed by atoms with Crippen molar-refractivity contribution < 1.29 is 19.1 Å². The zero-order valence-corrected chi connectivity index (χ0v) is 22.3. The number of ether oxygens (including phenoxy) is 2. The minimum Gasteiger partial charge on any atom is -0.466 e. The number of rotatable bonds is 21. The molecule has 0 fully saturated rings. The van der Waals surface area contributed by atoms with Crippen LogP contribution in [0.1, 0.15) is 131 Å². The van der Waals surface area contributed by atoms with Crippen molar-refractivity contribution in [1.82, 2.24) is 0 Å². The van der Waals surface area contributed by atoms with Crippen LogP contribution in [0.15, 0.2) is 0 Å². The third-order valence-electron chi connectivity index (χ3n) is 6.22. The Hall–Kier alpha value is -1.06. The largest absolute Gasteiger partial charge is 0.466 e. The van der Waals surface area contributed by atoms with Gasteiger partial charge in [0.15, 0.2) is 0 Å². The summed E-state index contributed by atoms with van der Waals surface area (Å²) in [6, 6.07) is 0. The second-order valence-electron chi connectivity index (χ2n) is 10.8. The van der Waals surface area contributed by atoms with Crippen LogP contribution in [0.2, 0.25) is 0 Å². The number of hydrogen-bond donors (Lipinski definition) is 0. The van der Waals surface area contributed by atoms with Crippen LogP contribution in [-0.2, 0) is 19.1 Å². The highest BCUT2D eigenvalue weighted by Crippen LogP contribution is 2.16. The SMILES string of the molecule is CC(C)CCCC(C)CCOC(=O)CCCCCCC(=O)OCCC(C)CCCC(C)C. The van der Waals surface area contributed by atoms with Gasteiger partial charge in [-0.1, -0.05) is 92.9 Å². The minimum atomic E-state index is -0.0821. The highest BCUT2D eigenvalue weighted by Gasteiger charge is 2.08. The molecule has 0 aromatic heterocycles. The van der Waals surface area contributed by atoms with Crippen LogP contribution in [0.4, 0.5) is 0 Å². The molecule has 32 heavy (non-hydrogen) atoms. The van der Waals surface area contributed by atoms with Gasteiger partial charge in [0.1, 0.15) is 0 Å². The normalized spacial score (nSPS) is 13.4. The fourth-order valence-corrected chi connectivity index (χ4v) is 3.82. The summed E-state index contributed by atoms with van der Waals surface area (Å²) in [7, 11) is 0. The van der Waals surface area contributed by atoms with Gasteiger partial charge in [0, 0.05) is 12.8 Å². The van der Waals surface area contributed by atoms with Gasteiger partial charge in [-0.25, -0.2) is 0 Å². The summed E-state index contributed by atoms with van der Waals surface area (Å²) in [6.07, 6.45) is 14.0. The van der Waals surface area contributed by atoms with Crippen LogP contribution in [0, 0.1) is 23.7 Å². The molecule has 190 valence electrons. The van der Waals surface area contributed by atoms with Gasteiger partial charge in [0.25, 0.3) is 0 Å². The predicted octanol–water partition coefficient (Wildman–Crippen LogP) is 8.12. The number of esters is 2. The van der Waals surface area contributed by atoms with E-state index in [0.717, 1.165) is 50.4 Å². The standard InChI is InChI=1S/C28H54O4/c1-23(2)13-11-15-25(5)19-21-31-27(29)17-9-7-8-10-18-28(30)32-22-20-26(6)16-12-14-24(3)4/h23-26H,7-22H2,1-6H3. The highest BCUT2D eigenvalue weighted by atomic mass is 16.5. The number of unbranched alkanes of at least 4 members (excludes halogenated alkanes) is 3. The molecule has 0 radical (unpaired) electrons. The Labute approximate surface area is 199 Å². The summed E-state index contributed by atoms with van der Waals surface area (Å²) in [4.78, 5) is 23.7. The van der Waals surface area contributed by atoms with E-state index >= 15 is 0 Å². The van der Waals surface area contributed by atoms with Crippen LogP contribution in [0.5, 0.6) is 0 Å². The van der Waals surface area contributed by atoms with Crippen molar-refractivity contribution in [3.8, 4) is 0 Å². The molecular weight excluding hydrogens is 400 g/mol. The lowest BCUT2D eigenvalue weighted by molar-refractivity contribution is -0.145. The first-order valence-corrected chi connectivity index (χ1v) is 13.5. The lowest BCUT2D eigenvalue weighted by atomic mass is 9.98. The van der Waals surface area contributed by atoms with E-state index in [1.54, 1.807) is 0 Å². The molecule has 0 aliphatic carbocycles. The molecule has 0 saturated carbocycles. The van der Waals surface area contributed by atoms with E-state index in [4.69, 9.17) is 9.47 Å². The number of carbonyl (C=O) groups is 2. The molecule has 0 spiro atoms. The molecular formula is C28H54O4. The smallest absolute Gasteiger partial charge is 0.305 e. The predicted molar refractivity (Wildman–Crippen MR) is 135 cm³/mol. The lowest BCUT2D eigenvalue weighted by Crippen LogP contribution is -2.09. The Kier molecular flexibility index (Phi) is 19.9. The Balaban J connectivity index is 3.50. The fraction of sp³-hybridized carbons (Fsp3) is 0.929. The summed E-state index contributed by atoms with van der Waals surface area (Å²) >= 11 is 0. The maximum absolute atomic E-state index is 11.8. The van der Waals surface area contributed by atoms with Crippen molar-refractivity contribution in [2.24, 2.45) is 23.7 Å². The molecule has 0 heterocycles.